The quantitative estimate of drug-likeness (QED) is 0.195. The van der Waals surface area contributed by atoms with Crippen LogP contribution in [0.1, 0.15) is 17.5 Å². The summed E-state index contributed by atoms with van der Waals surface area (Å²) in [6.07, 6.45) is 1.02. The molecule has 0 saturated heterocycles. The molecule has 0 aromatic heterocycles. The number of hydrazone groups is 1. The van der Waals surface area contributed by atoms with Gasteiger partial charge in [-0.15, -0.1) is 0 Å². The highest BCUT2D eigenvalue weighted by Gasteiger charge is 2.13. The Hall–Kier alpha value is -3.07. The van der Waals surface area contributed by atoms with Gasteiger partial charge in [0, 0.05) is 5.02 Å². The van der Waals surface area contributed by atoms with Gasteiger partial charge in [0.25, 0.3) is 0 Å². The maximum Gasteiger partial charge on any atom is 0.249 e. The number of amides is 2. The van der Waals surface area contributed by atoms with Crippen LogP contribution in [0.25, 0.3) is 0 Å². The van der Waals surface area contributed by atoms with Crippen molar-refractivity contribution in [3.8, 4) is 11.5 Å². The lowest BCUT2D eigenvalue weighted by atomic mass is 10.2. The molecular formula is C24H20BrCl2N3O4. The second-order valence-electron chi connectivity index (χ2n) is 6.95. The summed E-state index contributed by atoms with van der Waals surface area (Å²) in [5.41, 5.74) is 4.35. The summed E-state index contributed by atoms with van der Waals surface area (Å²) in [6.45, 7) is 0.325. The van der Waals surface area contributed by atoms with E-state index in [1.165, 1.54) is 13.3 Å². The molecule has 10 heteroatoms. The van der Waals surface area contributed by atoms with Gasteiger partial charge in [0.2, 0.25) is 11.8 Å². The monoisotopic (exact) mass is 563 g/mol. The zero-order valence-electron chi connectivity index (χ0n) is 18.0. The fourth-order valence-corrected chi connectivity index (χ4v) is 3.69. The summed E-state index contributed by atoms with van der Waals surface area (Å²) < 4.78 is 12.0. The molecule has 0 heterocycles. The third kappa shape index (κ3) is 7.48. The zero-order chi connectivity index (χ0) is 24.5. The van der Waals surface area contributed by atoms with E-state index < -0.39 is 18.2 Å². The average Bonchev–Trinajstić information content (AvgIpc) is 2.80. The Labute approximate surface area is 215 Å². The minimum absolute atomic E-state index is 0.325. The number of anilines is 1. The molecule has 0 fully saturated rings. The Morgan fingerprint density at radius 3 is 2.50 bits per heavy atom. The summed E-state index contributed by atoms with van der Waals surface area (Å²) in [6, 6.07) is 17.6. The molecule has 3 aromatic rings. The van der Waals surface area contributed by atoms with Crippen molar-refractivity contribution in [3.63, 3.8) is 0 Å². The lowest BCUT2D eigenvalue weighted by molar-refractivity contribution is -0.126. The van der Waals surface area contributed by atoms with Crippen molar-refractivity contribution in [2.45, 2.75) is 13.0 Å². The number of halogens is 3. The van der Waals surface area contributed by atoms with Crippen LogP contribution < -0.4 is 20.2 Å². The van der Waals surface area contributed by atoms with Crippen molar-refractivity contribution in [2.75, 3.05) is 12.4 Å². The number of ether oxygens (including phenoxy) is 2. The van der Waals surface area contributed by atoms with Gasteiger partial charge in [-0.3, -0.25) is 9.59 Å². The Morgan fingerprint density at radius 2 is 1.79 bits per heavy atom. The first kappa shape index (κ1) is 25.6. The van der Waals surface area contributed by atoms with Crippen LogP contribution in [0.3, 0.4) is 0 Å². The van der Waals surface area contributed by atoms with Crippen LogP contribution in [0.15, 0.2) is 70.2 Å². The third-order valence-electron chi connectivity index (χ3n) is 4.42. The number of rotatable bonds is 9. The maximum absolute atomic E-state index is 12.0. The van der Waals surface area contributed by atoms with E-state index in [-0.39, 0.29) is 0 Å². The molecule has 0 radical (unpaired) electrons. The highest BCUT2D eigenvalue weighted by Crippen LogP contribution is 2.37. The summed E-state index contributed by atoms with van der Waals surface area (Å²) in [4.78, 5) is 24.1. The highest BCUT2D eigenvalue weighted by molar-refractivity contribution is 9.10. The molecule has 0 saturated carbocycles. The van der Waals surface area contributed by atoms with Gasteiger partial charge in [-0.25, -0.2) is 5.43 Å². The van der Waals surface area contributed by atoms with Crippen molar-refractivity contribution >= 4 is 62.8 Å². The molecule has 0 bridgehead atoms. The largest absolute Gasteiger partial charge is 0.493 e. The molecule has 2 amide bonds. The van der Waals surface area contributed by atoms with Gasteiger partial charge < -0.3 is 14.8 Å². The lowest BCUT2D eigenvalue weighted by Crippen LogP contribution is -2.24. The fourth-order valence-electron chi connectivity index (χ4n) is 2.81. The molecule has 0 atom stereocenters. The van der Waals surface area contributed by atoms with E-state index in [1.54, 1.807) is 48.5 Å². The van der Waals surface area contributed by atoms with Gasteiger partial charge in [0.15, 0.2) is 11.5 Å². The topological polar surface area (TPSA) is 89.0 Å². The number of carbonyl (C=O) groups is 2. The number of nitrogens with one attached hydrogen (secondary N) is 2. The Balaban J connectivity index is 1.57. The van der Waals surface area contributed by atoms with E-state index in [2.05, 4.69) is 31.8 Å². The molecule has 0 aliphatic rings. The molecule has 0 unspecified atom stereocenters. The van der Waals surface area contributed by atoms with E-state index in [0.29, 0.717) is 43.9 Å². The zero-order valence-corrected chi connectivity index (χ0v) is 21.1. The number of benzene rings is 3. The van der Waals surface area contributed by atoms with Gasteiger partial charge >= 0.3 is 0 Å². The van der Waals surface area contributed by atoms with E-state index in [0.717, 1.165) is 5.56 Å². The van der Waals surface area contributed by atoms with Crippen LogP contribution in [0.5, 0.6) is 11.5 Å². The Bertz CT molecular complexity index is 1200. The Morgan fingerprint density at radius 1 is 1.06 bits per heavy atom. The van der Waals surface area contributed by atoms with Crippen molar-refractivity contribution in [2.24, 2.45) is 5.10 Å². The molecule has 2 N–H and O–H groups in total. The SMILES string of the molecule is COc1cc(C=NNC(=O)CC(=O)Nc2ccccc2Cl)cc(Br)c1OCc1ccc(Cl)cc1. The Kier molecular flexibility index (Phi) is 9.33. The minimum atomic E-state index is -0.574. The molecular weight excluding hydrogens is 545 g/mol. The first-order valence-electron chi connectivity index (χ1n) is 9.96. The highest BCUT2D eigenvalue weighted by atomic mass is 79.9. The number of nitrogens with zero attached hydrogens (tertiary/aromatic N) is 1. The third-order valence-corrected chi connectivity index (χ3v) is 5.59. The standard InChI is InChI=1S/C24H20BrCl2N3O4/c1-33-21-11-16(10-18(25)24(21)34-14-15-6-8-17(26)9-7-15)13-28-30-23(32)12-22(31)29-20-5-3-2-4-19(20)27/h2-11,13H,12,14H2,1H3,(H,29,31)(H,30,32). The molecule has 0 aliphatic carbocycles. The minimum Gasteiger partial charge on any atom is -0.493 e. The molecule has 34 heavy (non-hydrogen) atoms. The van der Waals surface area contributed by atoms with Gasteiger partial charge in [0.1, 0.15) is 13.0 Å². The van der Waals surface area contributed by atoms with E-state index in [9.17, 15) is 9.59 Å². The molecule has 0 spiro atoms. The normalized spacial score (nSPS) is 10.7. The van der Waals surface area contributed by atoms with Crippen molar-refractivity contribution < 1.29 is 19.1 Å². The van der Waals surface area contributed by atoms with Crippen LogP contribution in [0, 0.1) is 0 Å². The maximum atomic E-state index is 12.0. The van der Waals surface area contributed by atoms with Gasteiger partial charge in [0.05, 0.1) is 28.5 Å². The van der Waals surface area contributed by atoms with Crippen molar-refractivity contribution in [3.05, 3.63) is 86.3 Å². The van der Waals surface area contributed by atoms with Crippen LogP contribution in [0.4, 0.5) is 5.69 Å². The molecule has 0 aliphatic heterocycles. The molecule has 7 nitrogen and oxygen atoms in total. The van der Waals surface area contributed by atoms with E-state index >= 15 is 0 Å². The lowest BCUT2D eigenvalue weighted by Gasteiger charge is -2.13. The van der Waals surface area contributed by atoms with Gasteiger partial charge in [-0.05, 0) is 63.5 Å². The van der Waals surface area contributed by atoms with Crippen LogP contribution in [0.2, 0.25) is 10.0 Å². The van der Waals surface area contributed by atoms with E-state index in [1.807, 2.05) is 12.1 Å². The smallest absolute Gasteiger partial charge is 0.249 e. The number of hydrogen-bond acceptors (Lipinski definition) is 5. The molecule has 3 aromatic carbocycles. The number of para-hydroxylation sites is 1. The molecule has 3 rings (SSSR count). The van der Waals surface area contributed by atoms with E-state index in [4.69, 9.17) is 32.7 Å². The summed E-state index contributed by atoms with van der Waals surface area (Å²) >= 11 is 15.4. The van der Waals surface area contributed by atoms with Gasteiger partial charge in [-0.2, -0.15) is 5.10 Å². The summed E-state index contributed by atoms with van der Waals surface area (Å²) in [5, 5.41) is 7.52. The number of carbonyl (C=O) groups excluding carboxylic acids is 2. The first-order valence-corrected chi connectivity index (χ1v) is 11.5. The fraction of sp³-hybridized carbons (Fsp3) is 0.125. The van der Waals surface area contributed by atoms with Crippen LogP contribution >= 0.6 is 39.1 Å². The second kappa shape index (κ2) is 12.4. The first-order chi connectivity index (χ1) is 16.4. The van der Waals surface area contributed by atoms with Crippen LogP contribution in [-0.4, -0.2) is 25.1 Å². The van der Waals surface area contributed by atoms with Gasteiger partial charge in [-0.1, -0.05) is 47.5 Å². The average molecular weight is 565 g/mol. The number of hydrogen-bond donors (Lipinski definition) is 2. The second-order valence-corrected chi connectivity index (χ2v) is 8.65. The predicted octanol–water partition coefficient (Wildman–Crippen LogP) is 5.82. The van der Waals surface area contributed by atoms with Crippen molar-refractivity contribution in [1.29, 1.82) is 0 Å². The molecule has 176 valence electrons. The number of methoxy groups -OCH3 is 1. The van der Waals surface area contributed by atoms with Crippen LogP contribution in [-0.2, 0) is 16.2 Å². The van der Waals surface area contributed by atoms with Crippen molar-refractivity contribution in [1.82, 2.24) is 5.43 Å². The summed E-state index contributed by atoms with van der Waals surface area (Å²) in [5.74, 6) is -0.0766. The predicted molar refractivity (Wildman–Crippen MR) is 137 cm³/mol. The summed E-state index contributed by atoms with van der Waals surface area (Å²) in [7, 11) is 1.53.